The van der Waals surface area contributed by atoms with Crippen LogP contribution in [0.5, 0.6) is 0 Å². The first-order valence-corrected chi connectivity index (χ1v) is 6.73. The minimum Gasteiger partial charge on any atom is -0.481 e. The Kier molecular flexibility index (Phi) is 9.71. The Labute approximate surface area is 140 Å². The molecule has 0 bridgehead atoms. The molecule has 0 spiro atoms. The molecule has 0 atom stereocenters. The van der Waals surface area contributed by atoms with E-state index in [1.165, 1.54) is 17.1 Å². The molecule has 25 heavy (non-hydrogen) atoms. The number of aryl methyl sites for hydroxylation is 1. The Morgan fingerprint density at radius 3 is 2.36 bits per heavy atom. The topological polar surface area (TPSA) is 130 Å². The van der Waals surface area contributed by atoms with Gasteiger partial charge >= 0.3 is 18.1 Å². The van der Waals surface area contributed by atoms with Crippen LogP contribution < -0.4 is 10.00 Å². The van der Waals surface area contributed by atoms with Crippen LogP contribution in [0.3, 0.4) is 0 Å². The summed E-state index contributed by atoms with van der Waals surface area (Å²) in [6, 6.07) is 1.54. The fourth-order valence-electron chi connectivity index (χ4n) is 1.25. The van der Waals surface area contributed by atoms with Gasteiger partial charge in [-0.2, -0.15) is 13.2 Å². The number of esters is 1. The van der Waals surface area contributed by atoms with Gasteiger partial charge in [-0.1, -0.05) is 4.68 Å². The van der Waals surface area contributed by atoms with Crippen LogP contribution in [0, 0.1) is 0 Å². The molecule has 1 heterocycles. The highest BCUT2D eigenvalue weighted by molar-refractivity contribution is 5.93. The summed E-state index contributed by atoms with van der Waals surface area (Å²) in [7, 11) is 0.676. The Balaban J connectivity index is 0.000000609. The van der Waals surface area contributed by atoms with Gasteiger partial charge in [-0.05, 0) is 5.10 Å². The van der Waals surface area contributed by atoms with Gasteiger partial charge in [0.2, 0.25) is 0 Å². The number of halogens is 3. The fraction of sp³-hybridized carbons (Fsp3) is 0.462. The number of carbonyl (C=O) groups is 3. The van der Waals surface area contributed by atoms with Crippen LogP contribution >= 0.6 is 0 Å². The summed E-state index contributed by atoms with van der Waals surface area (Å²) >= 11 is 0. The van der Waals surface area contributed by atoms with Gasteiger partial charge < -0.3 is 20.3 Å². The highest BCUT2D eigenvalue weighted by Crippen LogP contribution is 2.15. The maximum Gasteiger partial charge on any atom is 0.490 e. The Bertz CT molecular complexity index is 577. The second kappa shape index (κ2) is 10.9. The quantitative estimate of drug-likeness (QED) is 0.447. The first-order valence-electron chi connectivity index (χ1n) is 6.73. The second-order valence-corrected chi connectivity index (χ2v) is 4.29. The molecule has 1 aromatic heterocycles. The summed E-state index contributed by atoms with van der Waals surface area (Å²) in [4.78, 5) is 31.2. The molecular formula is C13H17F3N3O6+. The number of ether oxygens (including phenoxy) is 1. The predicted molar refractivity (Wildman–Crippen MR) is 74.2 cm³/mol. The monoisotopic (exact) mass is 368 g/mol. The number of aliphatic hydroxyl groups is 1. The fourth-order valence-corrected chi connectivity index (χ4v) is 1.25. The summed E-state index contributed by atoms with van der Waals surface area (Å²) in [5.41, 5.74) is 0.366. The number of carbonyl (C=O) groups excluding carboxylic acids is 2. The van der Waals surface area contributed by atoms with Gasteiger partial charge in [0.25, 0.3) is 5.91 Å². The third-order valence-corrected chi connectivity index (χ3v) is 2.40. The molecule has 140 valence electrons. The van der Waals surface area contributed by atoms with Crippen LogP contribution in [0.2, 0.25) is 0 Å². The molecule has 0 saturated carbocycles. The van der Waals surface area contributed by atoms with E-state index in [4.69, 9.17) is 10.2 Å². The van der Waals surface area contributed by atoms with Gasteiger partial charge in [0, 0.05) is 12.6 Å². The normalized spacial score (nSPS) is 10.3. The Morgan fingerprint density at radius 1 is 1.36 bits per heavy atom. The molecule has 0 unspecified atom stereocenters. The van der Waals surface area contributed by atoms with E-state index in [2.05, 4.69) is 15.2 Å². The zero-order chi connectivity index (χ0) is 19.5. The van der Waals surface area contributed by atoms with Crippen LogP contribution in [0.25, 0.3) is 0 Å². The van der Waals surface area contributed by atoms with E-state index in [0.29, 0.717) is 12.7 Å². The van der Waals surface area contributed by atoms with Crippen molar-refractivity contribution in [3.63, 3.8) is 0 Å². The number of aliphatic hydroxyl groups excluding tert-OH is 1. The lowest BCUT2D eigenvalue weighted by Gasteiger charge is -2.01. The molecule has 1 aromatic rings. The molecule has 3 N–H and O–H groups in total. The maximum absolute atomic E-state index is 11.4. The number of hydrogen-bond acceptors (Lipinski definition) is 6. The van der Waals surface area contributed by atoms with E-state index in [-0.39, 0.29) is 32.0 Å². The minimum atomic E-state index is -4.85. The number of nitrogens with zero attached hydrogens (tertiary/aromatic N) is 2. The average Bonchev–Trinajstić information content (AvgIpc) is 2.57. The lowest BCUT2D eigenvalue weighted by Crippen LogP contribution is -2.39. The number of carboxylic acid groups (broad SMARTS) is 1. The van der Waals surface area contributed by atoms with Crippen molar-refractivity contribution < 1.29 is 47.2 Å². The van der Waals surface area contributed by atoms with Crippen molar-refractivity contribution in [1.82, 2.24) is 10.4 Å². The van der Waals surface area contributed by atoms with Gasteiger partial charge in [-0.25, -0.2) is 4.79 Å². The van der Waals surface area contributed by atoms with Gasteiger partial charge in [-0.15, -0.1) is 0 Å². The van der Waals surface area contributed by atoms with Crippen LogP contribution in [-0.4, -0.2) is 59.6 Å². The lowest BCUT2D eigenvalue weighted by molar-refractivity contribution is -0.753. The zero-order valence-electron chi connectivity index (χ0n) is 13.1. The summed E-state index contributed by atoms with van der Waals surface area (Å²) in [6.45, 7) is 0.325. The molecule has 1 rings (SSSR count). The van der Waals surface area contributed by atoms with E-state index >= 15 is 0 Å². The van der Waals surface area contributed by atoms with Gasteiger partial charge in [0.05, 0.1) is 19.3 Å². The predicted octanol–water partition coefficient (Wildman–Crippen LogP) is -0.712. The molecule has 0 aliphatic carbocycles. The molecular weight excluding hydrogens is 351 g/mol. The summed E-state index contributed by atoms with van der Waals surface area (Å²) in [6.07, 6.45) is -1.98. The first kappa shape index (κ1) is 22.2. The number of carboxylic acids is 1. The van der Waals surface area contributed by atoms with Crippen molar-refractivity contribution in [2.45, 2.75) is 19.1 Å². The zero-order valence-corrected chi connectivity index (χ0v) is 13.1. The number of aliphatic carboxylic acids is 1. The highest BCUT2D eigenvalue weighted by Gasteiger charge is 2.40. The van der Waals surface area contributed by atoms with Gasteiger partial charge in [-0.3, -0.25) is 9.59 Å². The molecule has 0 saturated heterocycles. The van der Waals surface area contributed by atoms with Crippen molar-refractivity contribution in [1.29, 1.82) is 0 Å². The molecule has 9 nitrogen and oxygen atoms in total. The number of hydrogen-bond donors (Lipinski definition) is 3. The van der Waals surface area contributed by atoms with Crippen molar-refractivity contribution in [2.75, 3.05) is 20.3 Å². The van der Waals surface area contributed by atoms with Crippen molar-refractivity contribution >= 4 is 17.8 Å². The largest absolute Gasteiger partial charge is 0.490 e. The van der Waals surface area contributed by atoms with Crippen LogP contribution in [0.1, 0.15) is 16.8 Å². The maximum atomic E-state index is 11.4. The Hall–Kier alpha value is -2.76. The van der Waals surface area contributed by atoms with Crippen molar-refractivity contribution in [2.24, 2.45) is 0 Å². The van der Waals surface area contributed by atoms with E-state index in [1.807, 2.05) is 0 Å². The molecule has 0 radical (unpaired) electrons. The van der Waals surface area contributed by atoms with E-state index in [9.17, 15) is 27.6 Å². The van der Waals surface area contributed by atoms with Crippen LogP contribution in [0.4, 0.5) is 13.2 Å². The number of alkyl halides is 3. The van der Waals surface area contributed by atoms with Gasteiger partial charge in [0.15, 0.2) is 12.7 Å². The smallest absolute Gasteiger partial charge is 0.481 e. The number of rotatable bonds is 6. The molecule has 0 aliphatic heterocycles. The van der Waals surface area contributed by atoms with Crippen molar-refractivity contribution in [3.8, 4) is 0 Å². The summed E-state index contributed by atoms with van der Waals surface area (Å²) < 4.78 is 37.7. The third kappa shape index (κ3) is 9.86. The number of aromatic nitrogens is 2. The van der Waals surface area contributed by atoms with Crippen molar-refractivity contribution in [3.05, 3.63) is 24.0 Å². The van der Waals surface area contributed by atoms with E-state index in [0.717, 1.165) is 0 Å². The number of amides is 1. The molecule has 0 fully saturated rings. The third-order valence-electron chi connectivity index (χ3n) is 2.40. The second-order valence-electron chi connectivity index (χ2n) is 4.29. The molecule has 12 heteroatoms. The van der Waals surface area contributed by atoms with E-state index < -0.39 is 18.1 Å². The van der Waals surface area contributed by atoms with E-state index in [1.54, 1.807) is 6.07 Å². The Morgan fingerprint density at radius 2 is 2.00 bits per heavy atom. The number of nitrogens with one attached hydrogen (secondary N) is 1. The lowest BCUT2D eigenvalue weighted by atomic mass is 10.3. The average molecular weight is 368 g/mol. The van der Waals surface area contributed by atoms with Crippen LogP contribution in [-0.2, 0) is 20.9 Å². The van der Waals surface area contributed by atoms with Gasteiger partial charge in [0.1, 0.15) is 12.6 Å². The summed E-state index contributed by atoms with van der Waals surface area (Å²) in [5.74, 6) is -3.39. The SMILES string of the molecule is COC(=O)C(F)(F)F.O=C(O)CC[n+]1ccc(C(=O)NCCO)cn1. The molecule has 1 amide bonds. The standard InChI is InChI=1S/C10H13N3O4.C3H3F3O2/c14-6-3-11-10(17)8-1-4-13(12-7-8)5-2-9(15)16;1-8-2(7)3(4,5)6/h1,4,7,14H,2-3,5-6H2,(H-,11,15,16,17);1H3/p+1. The molecule has 0 aromatic carbocycles. The van der Waals surface area contributed by atoms with Crippen LogP contribution in [0.15, 0.2) is 18.5 Å². The molecule has 0 aliphatic rings. The summed E-state index contributed by atoms with van der Waals surface area (Å²) in [5, 5.41) is 23.4. The number of methoxy groups -OCH3 is 1. The first-order chi connectivity index (χ1) is 11.6. The minimum absolute atomic E-state index is 0.0201. The highest BCUT2D eigenvalue weighted by atomic mass is 19.4.